The number of unbranched alkanes of at least 4 members (excludes halogenated alkanes) is 54. The number of carbonyl (C=O) groups is 2. The number of allylic oxidation sites excluding steroid dienone is 12. The van der Waals surface area contributed by atoms with Crippen molar-refractivity contribution in [2.45, 2.75) is 431 Å². The maximum absolute atomic E-state index is 12.9. The van der Waals surface area contributed by atoms with Crippen molar-refractivity contribution in [2.24, 2.45) is 0 Å². The van der Waals surface area contributed by atoms with Gasteiger partial charge in [0, 0.05) is 12.8 Å². The summed E-state index contributed by atoms with van der Waals surface area (Å²) >= 11 is 0. The molecule has 0 spiro atoms. The lowest BCUT2D eigenvalue weighted by atomic mass is 10.0. The molecule has 0 N–H and O–H groups in total. The fourth-order valence-electron chi connectivity index (χ4n) is 12.7. The molecule has 0 saturated carbocycles. The minimum Gasteiger partial charge on any atom is -0.756 e. The highest BCUT2D eigenvalue weighted by Gasteiger charge is 2.22. The van der Waals surface area contributed by atoms with Gasteiger partial charge in [0.15, 0.2) is 6.10 Å². The zero-order valence-electron chi connectivity index (χ0n) is 65.7. The third-order valence-corrected chi connectivity index (χ3v) is 20.2. The van der Waals surface area contributed by atoms with Crippen LogP contribution < -0.4 is 4.89 Å². The van der Waals surface area contributed by atoms with E-state index in [0.29, 0.717) is 17.4 Å². The summed E-state index contributed by atoms with van der Waals surface area (Å²) in [6.45, 7) is 4.19. The molecule has 0 fully saturated rings. The molecule has 9 nitrogen and oxygen atoms in total. The van der Waals surface area contributed by atoms with Gasteiger partial charge in [-0.1, -0.05) is 401 Å². The van der Waals surface area contributed by atoms with Crippen LogP contribution in [0.25, 0.3) is 0 Å². The van der Waals surface area contributed by atoms with Crippen LogP contribution in [-0.4, -0.2) is 70.0 Å². The molecular formula is C88H164NO8P. The number of ether oxygens (including phenoxy) is 2. The van der Waals surface area contributed by atoms with Crippen molar-refractivity contribution in [3.05, 3.63) is 72.9 Å². The molecule has 2 unspecified atom stereocenters. The van der Waals surface area contributed by atoms with E-state index in [2.05, 4.69) is 86.8 Å². The molecular weight excluding hydrogens is 1230 g/mol. The molecule has 0 aliphatic rings. The minimum atomic E-state index is -4.65. The van der Waals surface area contributed by atoms with Crippen molar-refractivity contribution in [1.29, 1.82) is 0 Å². The molecule has 10 heteroatoms. The second kappa shape index (κ2) is 78.6. The number of carbonyl (C=O) groups excluding carboxylic acids is 2. The predicted octanol–water partition coefficient (Wildman–Crippen LogP) is 28.0. The molecule has 0 heterocycles. The minimum absolute atomic E-state index is 0.0286. The first-order chi connectivity index (χ1) is 48.0. The molecule has 0 aromatic heterocycles. The number of likely N-dealkylation sites (N-methyl/N-ethyl adjacent to an activating group) is 1. The third kappa shape index (κ3) is 82.4. The van der Waals surface area contributed by atoms with E-state index in [4.69, 9.17) is 18.5 Å². The Morgan fingerprint density at radius 2 is 0.582 bits per heavy atom. The van der Waals surface area contributed by atoms with Crippen molar-refractivity contribution in [1.82, 2.24) is 0 Å². The maximum atomic E-state index is 12.9. The van der Waals surface area contributed by atoms with E-state index in [1.165, 1.54) is 327 Å². The summed E-state index contributed by atoms with van der Waals surface area (Å²) in [6.07, 6.45) is 108. The van der Waals surface area contributed by atoms with Gasteiger partial charge in [-0.3, -0.25) is 14.2 Å². The molecule has 0 aromatic rings. The van der Waals surface area contributed by atoms with Crippen molar-refractivity contribution < 1.29 is 42.1 Å². The number of phosphoric acid groups is 1. The van der Waals surface area contributed by atoms with Crippen molar-refractivity contribution in [2.75, 3.05) is 47.5 Å². The summed E-state index contributed by atoms with van der Waals surface area (Å²) < 4.78 is 34.5. The Kier molecular flexibility index (Phi) is 76.5. The van der Waals surface area contributed by atoms with Crippen LogP contribution in [0.1, 0.15) is 425 Å². The number of rotatable bonds is 80. The highest BCUT2D eigenvalue weighted by Crippen LogP contribution is 2.38. The van der Waals surface area contributed by atoms with E-state index >= 15 is 0 Å². The van der Waals surface area contributed by atoms with Gasteiger partial charge in [-0.2, -0.15) is 0 Å². The highest BCUT2D eigenvalue weighted by molar-refractivity contribution is 7.45. The first kappa shape index (κ1) is 95.5. The molecule has 0 rings (SSSR count). The average Bonchev–Trinajstić information content (AvgIpc) is 1.08. The SMILES string of the molecule is CC/C=C\C/C=C\C/C=C\C/C=C\CCCCCCCCCCCCCCCCCCCCCCCCC(=O)OC(COC(=O)CCCCCCCCCCCCCCCCCCCCCCCCCCCCC/C=C\C/C=C\CCCCCCC)COP(=O)([O-])OCC[N+](C)(C)C. The van der Waals surface area contributed by atoms with Gasteiger partial charge >= 0.3 is 11.9 Å². The molecule has 0 amide bonds. The Labute approximate surface area is 609 Å². The molecule has 0 aromatic carbocycles. The van der Waals surface area contributed by atoms with Crippen molar-refractivity contribution in [3.8, 4) is 0 Å². The smallest absolute Gasteiger partial charge is 0.306 e. The molecule has 0 aliphatic heterocycles. The van der Waals surface area contributed by atoms with Crippen molar-refractivity contribution >= 4 is 19.8 Å². The lowest BCUT2D eigenvalue weighted by molar-refractivity contribution is -0.870. The van der Waals surface area contributed by atoms with E-state index in [1.807, 2.05) is 21.1 Å². The average molecular weight is 1400 g/mol. The Morgan fingerprint density at radius 3 is 0.867 bits per heavy atom. The molecule has 0 radical (unpaired) electrons. The number of esters is 2. The second-order valence-electron chi connectivity index (χ2n) is 30.2. The summed E-state index contributed by atoms with van der Waals surface area (Å²) in [7, 11) is 1.19. The number of hydrogen-bond donors (Lipinski definition) is 0. The number of phosphoric ester groups is 1. The van der Waals surface area contributed by atoms with Crippen LogP contribution in [0.2, 0.25) is 0 Å². The molecule has 0 bridgehead atoms. The molecule has 0 aliphatic carbocycles. The molecule has 0 saturated heterocycles. The van der Waals surface area contributed by atoms with Gasteiger partial charge in [-0.05, 0) is 83.5 Å². The number of quaternary nitrogens is 1. The molecule has 2 atom stereocenters. The van der Waals surface area contributed by atoms with Crippen LogP contribution in [0.5, 0.6) is 0 Å². The van der Waals surface area contributed by atoms with Crippen molar-refractivity contribution in [3.63, 3.8) is 0 Å². The second-order valence-corrected chi connectivity index (χ2v) is 31.6. The summed E-state index contributed by atoms with van der Waals surface area (Å²) in [4.78, 5) is 38.2. The zero-order chi connectivity index (χ0) is 71.1. The van der Waals surface area contributed by atoms with Gasteiger partial charge < -0.3 is 27.9 Å². The standard InChI is InChI=1S/C88H164NO8P/c1-6-8-10-12-14-16-18-20-22-24-26-28-30-32-34-36-38-40-42-43-44-45-47-48-50-52-54-56-58-60-62-64-66-68-70-72-74-76-78-80-87(90)94-84-86(85-96-98(92,93)95-83-82-89(3,4)5)97-88(91)81-79-77-75-73-71-69-67-65-63-61-59-57-55-53-51-49-46-41-39-37-35-33-31-29-27-25-23-21-19-17-15-13-11-9-7-2/h9,11,15,17-18,20-21,23-24,26-27,29,86H,6-8,10,12-14,16,19,22,25,28,30-85H2,1-5H3/b11-9-,17-15-,20-18-,23-21-,26-24-,29-27-. The zero-order valence-corrected chi connectivity index (χ0v) is 66.6. The van der Waals surface area contributed by atoms with E-state index in [9.17, 15) is 19.0 Å². The van der Waals surface area contributed by atoms with Crippen LogP contribution in [0.3, 0.4) is 0 Å². The predicted molar refractivity (Wildman–Crippen MR) is 425 cm³/mol. The van der Waals surface area contributed by atoms with Crippen LogP contribution in [-0.2, 0) is 32.7 Å². The van der Waals surface area contributed by atoms with Gasteiger partial charge in [0.2, 0.25) is 0 Å². The normalized spacial score (nSPS) is 13.3. The fraction of sp³-hybridized carbons (Fsp3) is 0.841. The fourth-order valence-corrected chi connectivity index (χ4v) is 13.5. The van der Waals surface area contributed by atoms with Gasteiger partial charge in [0.1, 0.15) is 19.8 Å². The van der Waals surface area contributed by atoms with Crippen LogP contribution in [0, 0.1) is 0 Å². The monoisotopic (exact) mass is 1390 g/mol. The summed E-state index contributed by atoms with van der Waals surface area (Å²) in [5, 5.41) is 0. The van der Waals surface area contributed by atoms with Gasteiger partial charge in [0.05, 0.1) is 27.7 Å². The first-order valence-corrected chi connectivity index (χ1v) is 44.1. The highest BCUT2D eigenvalue weighted by atomic mass is 31.2. The Balaban J connectivity index is 3.87. The van der Waals surface area contributed by atoms with Gasteiger partial charge in [-0.25, -0.2) is 0 Å². The van der Waals surface area contributed by atoms with Gasteiger partial charge in [0.25, 0.3) is 7.82 Å². The Morgan fingerprint density at radius 1 is 0.327 bits per heavy atom. The van der Waals surface area contributed by atoms with Crippen LogP contribution in [0.4, 0.5) is 0 Å². The molecule has 574 valence electrons. The topological polar surface area (TPSA) is 111 Å². The van der Waals surface area contributed by atoms with E-state index < -0.39 is 26.5 Å². The van der Waals surface area contributed by atoms with E-state index in [1.54, 1.807) is 0 Å². The number of hydrogen-bond acceptors (Lipinski definition) is 8. The third-order valence-electron chi connectivity index (χ3n) is 19.2. The lowest BCUT2D eigenvalue weighted by Gasteiger charge is -2.28. The summed E-state index contributed by atoms with van der Waals surface area (Å²) in [5.41, 5.74) is 0. The lowest BCUT2D eigenvalue weighted by Crippen LogP contribution is -2.37. The van der Waals surface area contributed by atoms with Gasteiger partial charge in [-0.15, -0.1) is 0 Å². The van der Waals surface area contributed by atoms with Crippen LogP contribution >= 0.6 is 7.82 Å². The number of nitrogens with zero attached hydrogens (tertiary/aromatic N) is 1. The van der Waals surface area contributed by atoms with E-state index in [-0.39, 0.29) is 32.0 Å². The Bertz CT molecular complexity index is 1890. The maximum Gasteiger partial charge on any atom is 0.306 e. The summed E-state index contributed by atoms with van der Waals surface area (Å²) in [6, 6.07) is 0. The largest absolute Gasteiger partial charge is 0.756 e. The molecule has 98 heavy (non-hydrogen) atoms. The first-order valence-electron chi connectivity index (χ1n) is 42.6. The van der Waals surface area contributed by atoms with E-state index in [0.717, 1.165) is 64.2 Å². The van der Waals surface area contributed by atoms with Crippen LogP contribution in [0.15, 0.2) is 72.9 Å². The Hall–Kier alpha value is -2.55. The quantitative estimate of drug-likeness (QED) is 0.0195. The summed E-state index contributed by atoms with van der Waals surface area (Å²) in [5.74, 6) is -0.809.